The third-order valence-electron chi connectivity index (χ3n) is 1.70. The molecule has 0 radical (unpaired) electrons. The fraction of sp³-hybridized carbons (Fsp3) is 0.571. The van der Waals surface area contributed by atoms with Gasteiger partial charge in [-0.15, -0.1) is 0 Å². The lowest BCUT2D eigenvalue weighted by Crippen LogP contribution is -2.08. The predicted molar refractivity (Wildman–Crippen MR) is 58.4 cm³/mol. The fourth-order valence-corrected chi connectivity index (χ4v) is 3.25. The molecule has 0 saturated carbocycles. The molecule has 7 heteroatoms. The molecule has 80 valence electrons. The zero-order valence-corrected chi connectivity index (χ0v) is 9.70. The van der Waals surface area contributed by atoms with Crippen LogP contribution in [0.25, 0.3) is 0 Å². The summed E-state index contributed by atoms with van der Waals surface area (Å²) in [5.41, 5.74) is 5.51. The molecule has 0 saturated heterocycles. The highest BCUT2D eigenvalue weighted by atomic mass is 32.2. The summed E-state index contributed by atoms with van der Waals surface area (Å²) in [6, 6.07) is 0. The smallest absolute Gasteiger partial charge is 0.184 e. The molecule has 0 spiro atoms. The SMILES string of the molecule is CCNc1snc(N)c1S(=O)(=O)CC. The van der Waals surface area contributed by atoms with Gasteiger partial charge in [-0.1, -0.05) is 6.92 Å². The molecule has 0 aromatic carbocycles. The molecule has 0 aliphatic heterocycles. The van der Waals surface area contributed by atoms with Crippen LogP contribution >= 0.6 is 11.5 Å². The van der Waals surface area contributed by atoms with Crippen molar-refractivity contribution in [1.29, 1.82) is 0 Å². The van der Waals surface area contributed by atoms with Crippen molar-refractivity contribution in [1.82, 2.24) is 4.37 Å². The second-order valence-electron chi connectivity index (χ2n) is 2.66. The molecule has 5 nitrogen and oxygen atoms in total. The van der Waals surface area contributed by atoms with Gasteiger partial charge < -0.3 is 11.1 Å². The fourth-order valence-electron chi connectivity index (χ4n) is 1.01. The second-order valence-corrected chi connectivity index (χ2v) is 5.65. The third-order valence-corrected chi connectivity index (χ3v) is 4.45. The van der Waals surface area contributed by atoms with Crippen LogP contribution in [-0.4, -0.2) is 25.1 Å². The Labute approximate surface area is 87.4 Å². The van der Waals surface area contributed by atoms with Gasteiger partial charge in [0.25, 0.3) is 0 Å². The number of nitrogen functional groups attached to an aromatic ring is 1. The Bertz CT molecular complexity index is 411. The van der Waals surface area contributed by atoms with E-state index in [1.165, 1.54) is 0 Å². The molecule has 0 fully saturated rings. The Balaban J connectivity index is 3.24. The first-order valence-electron chi connectivity index (χ1n) is 4.24. The molecule has 0 atom stereocenters. The molecule has 1 heterocycles. The maximum Gasteiger partial charge on any atom is 0.184 e. The van der Waals surface area contributed by atoms with Gasteiger partial charge in [0.2, 0.25) is 0 Å². The van der Waals surface area contributed by atoms with Crippen LogP contribution in [0.1, 0.15) is 13.8 Å². The summed E-state index contributed by atoms with van der Waals surface area (Å²) in [6.07, 6.45) is 0. The highest BCUT2D eigenvalue weighted by Gasteiger charge is 2.23. The number of hydrogen-bond acceptors (Lipinski definition) is 6. The monoisotopic (exact) mass is 235 g/mol. The summed E-state index contributed by atoms with van der Waals surface area (Å²) in [4.78, 5) is 0.145. The van der Waals surface area contributed by atoms with Gasteiger partial charge in [-0.3, -0.25) is 0 Å². The molecule has 1 aromatic rings. The molecule has 1 aromatic heterocycles. The number of nitrogens with one attached hydrogen (secondary N) is 1. The molecule has 0 amide bonds. The average Bonchev–Trinajstić information content (AvgIpc) is 2.48. The third kappa shape index (κ3) is 1.98. The highest BCUT2D eigenvalue weighted by Crippen LogP contribution is 2.31. The zero-order valence-electron chi connectivity index (χ0n) is 8.07. The van der Waals surface area contributed by atoms with Crippen molar-refractivity contribution in [3.05, 3.63) is 0 Å². The number of nitrogens with zero attached hydrogens (tertiary/aromatic N) is 1. The van der Waals surface area contributed by atoms with E-state index in [0.29, 0.717) is 11.5 Å². The molecule has 1 rings (SSSR count). The minimum absolute atomic E-state index is 0.0357. The van der Waals surface area contributed by atoms with Gasteiger partial charge in [-0.2, -0.15) is 4.37 Å². The first-order chi connectivity index (χ1) is 6.53. The van der Waals surface area contributed by atoms with Gasteiger partial charge in [0.1, 0.15) is 9.90 Å². The first kappa shape index (κ1) is 11.3. The van der Waals surface area contributed by atoms with Crippen molar-refractivity contribution >= 4 is 32.2 Å². The van der Waals surface area contributed by atoms with Crippen molar-refractivity contribution in [3.63, 3.8) is 0 Å². The summed E-state index contributed by atoms with van der Waals surface area (Å²) < 4.78 is 27.1. The van der Waals surface area contributed by atoms with Crippen molar-refractivity contribution in [2.24, 2.45) is 0 Å². The van der Waals surface area contributed by atoms with Gasteiger partial charge >= 0.3 is 0 Å². The van der Waals surface area contributed by atoms with E-state index in [0.717, 1.165) is 11.5 Å². The molecule has 0 bridgehead atoms. The molecule has 3 N–H and O–H groups in total. The van der Waals surface area contributed by atoms with Gasteiger partial charge in [-0.25, -0.2) is 8.42 Å². The van der Waals surface area contributed by atoms with Crippen LogP contribution in [-0.2, 0) is 9.84 Å². The Morgan fingerprint density at radius 1 is 1.50 bits per heavy atom. The Hall–Kier alpha value is -0.820. The summed E-state index contributed by atoms with van der Waals surface area (Å²) in [5.74, 6) is 0.126. The lowest BCUT2D eigenvalue weighted by molar-refractivity contribution is 0.598. The normalized spacial score (nSPS) is 11.6. The van der Waals surface area contributed by atoms with Crippen molar-refractivity contribution in [2.45, 2.75) is 18.7 Å². The number of rotatable bonds is 4. The molecule has 0 aliphatic carbocycles. The van der Waals surface area contributed by atoms with Crippen LogP contribution in [0.5, 0.6) is 0 Å². The minimum atomic E-state index is -3.28. The van der Waals surface area contributed by atoms with E-state index in [1.807, 2.05) is 6.92 Å². The van der Waals surface area contributed by atoms with E-state index in [-0.39, 0.29) is 16.5 Å². The highest BCUT2D eigenvalue weighted by molar-refractivity contribution is 7.91. The van der Waals surface area contributed by atoms with Crippen LogP contribution < -0.4 is 11.1 Å². The van der Waals surface area contributed by atoms with E-state index in [9.17, 15) is 8.42 Å². The number of hydrogen-bond donors (Lipinski definition) is 2. The van der Waals surface area contributed by atoms with Crippen LogP contribution in [0.3, 0.4) is 0 Å². The molecule has 0 aliphatic rings. The summed E-state index contributed by atoms with van der Waals surface area (Å²) in [5, 5.41) is 3.47. The summed E-state index contributed by atoms with van der Waals surface area (Å²) in [7, 11) is -3.28. The molecular weight excluding hydrogens is 222 g/mol. The number of sulfone groups is 1. The van der Waals surface area contributed by atoms with Crippen molar-refractivity contribution in [3.8, 4) is 0 Å². The van der Waals surface area contributed by atoms with Gasteiger partial charge in [0, 0.05) is 6.54 Å². The molecule has 0 unspecified atom stereocenters. The van der Waals surface area contributed by atoms with Gasteiger partial charge in [-0.05, 0) is 18.5 Å². The zero-order chi connectivity index (χ0) is 10.8. The van der Waals surface area contributed by atoms with E-state index in [4.69, 9.17) is 5.73 Å². The van der Waals surface area contributed by atoms with Crippen LogP contribution in [0.2, 0.25) is 0 Å². The lowest BCUT2D eigenvalue weighted by atomic mass is 10.6. The van der Waals surface area contributed by atoms with Gasteiger partial charge in [0.15, 0.2) is 15.7 Å². The number of anilines is 2. The van der Waals surface area contributed by atoms with Crippen LogP contribution in [0.4, 0.5) is 10.8 Å². The first-order valence-corrected chi connectivity index (χ1v) is 6.67. The Morgan fingerprint density at radius 2 is 2.14 bits per heavy atom. The quantitative estimate of drug-likeness (QED) is 0.811. The second kappa shape index (κ2) is 4.14. The van der Waals surface area contributed by atoms with Crippen molar-refractivity contribution in [2.75, 3.05) is 23.3 Å². The Morgan fingerprint density at radius 3 is 2.64 bits per heavy atom. The lowest BCUT2D eigenvalue weighted by Gasteiger charge is -2.03. The number of nitrogens with two attached hydrogens (primary N) is 1. The number of aromatic nitrogens is 1. The van der Waals surface area contributed by atoms with Gasteiger partial charge in [0.05, 0.1) is 5.75 Å². The topological polar surface area (TPSA) is 85.1 Å². The van der Waals surface area contributed by atoms with E-state index in [2.05, 4.69) is 9.69 Å². The van der Waals surface area contributed by atoms with E-state index < -0.39 is 9.84 Å². The maximum absolute atomic E-state index is 11.6. The molecular formula is C7H13N3O2S2. The summed E-state index contributed by atoms with van der Waals surface area (Å²) >= 11 is 1.08. The van der Waals surface area contributed by atoms with Crippen LogP contribution in [0.15, 0.2) is 4.90 Å². The van der Waals surface area contributed by atoms with Crippen LogP contribution in [0, 0.1) is 0 Å². The maximum atomic E-state index is 11.6. The van der Waals surface area contributed by atoms with Crippen molar-refractivity contribution < 1.29 is 8.42 Å². The average molecular weight is 235 g/mol. The van der Waals surface area contributed by atoms with E-state index >= 15 is 0 Å². The Kier molecular flexibility index (Phi) is 3.33. The minimum Gasteiger partial charge on any atom is -0.382 e. The largest absolute Gasteiger partial charge is 0.382 e. The summed E-state index contributed by atoms with van der Waals surface area (Å²) in [6.45, 7) is 4.12. The molecule has 14 heavy (non-hydrogen) atoms. The predicted octanol–water partition coefficient (Wildman–Crippen LogP) is 0.951. The van der Waals surface area contributed by atoms with E-state index in [1.54, 1.807) is 6.92 Å². The standard InChI is InChI=1S/C7H13N3O2S2/c1-3-9-7-5(6(8)10-13-7)14(11,12)4-2/h9H,3-4H2,1-2H3,(H2,8,10).